The Morgan fingerprint density at radius 3 is 2.63 bits per heavy atom. The number of aromatic amines is 1. The summed E-state index contributed by atoms with van der Waals surface area (Å²) < 4.78 is 25.2. The molecule has 0 saturated heterocycles. The minimum absolute atomic E-state index is 0.110. The Morgan fingerprint density at radius 1 is 1.09 bits per heavy atom. The Balaban J connectivity index is 1.47. The maximum atomic E-state index is 14.1. The molecule has 0 amide bonds. The van der Waals surface area contributed by atoms with Crippen molar-refractivity contribution < 1.29 is 23.8 Å². The fraction of sp³-hybridized carbons (Fsp3) is 0.192. The van der Waals surface area contributed by atoms with Crippen LogP contribution in [0.15, 0.2) is 60.8 Å². The van der Waals surface area contributed by atoms with Crippen LogP contribution in [-0.2, 0) is 24.4 Å². The Kier molecular flexibility index (Phi) is 7.80. The van der Waals surface area contributed by atoms with Crippen LogP contribution in [0, 0.1) is 5.82 Å². The summed E-state index contributed by atoms with van der Waals surface area (Å²) in [6.45, 7) is 0.0788. The molecule has 1 unspecified atom stereocenters. The lowest BCUT2D eigenvalue weighted by Gasteiger charge is -2.17. The molecule has 35 heavy (non-hydrogen) atoms. The van der Waals surface area contributed by atoms with Crippen molar-refractivity contribution >= 4 is 40.1 Å². The molecular formula is C26H23Cl2FN2O4. The standard InChI is InChI=1S/C26H23Cl2FN2O4/c1-34-24-10-16(20(28)11-25(24)35-14-18-19(27)6-4-7-21(18)29)13-31-23(26(32)33)9-15-12-30-22-8-3-2-5-17(15)22/h2-8,10-12,23,30-31H,9,13-14H2,1H3,(H,32,33). The van der Waals surface area contributed by atoms with Crippen molar-refractivity contribution in [1.82, 2.24) is 10.3 Å². The van der Waals surface area contributed by atoms with Gasteiger partial charge < -0.3 is 19.6 Å². The average Bonchev–Trinajstić information content (AvgIpc) is 3.25. The number of carboxylic acid groups (broad SMARTS) is 1. The zero-order chi connectivity index (χ0) is 24.9. The van der Waals surface area contributed by atoms with Crippen molar-refractivity contribution in [2.45, 2.75) is 25.6 Å². The first-order valence-corrected chi connectivity index (χ1v) is 11.6. The molecule has 0 aliphatic carbocycles. The lowest BCUT2D eigenvalue weighted by Crippen LogP contribution is -2.38. The fourth-order valence-electron chi connectivity index (χ4n) is 3.81. The number of carboxylic acids is 1. The number of hydrogen-bond acceptors (Lipinski definition) is 4. The van der Waals surface area contributed by atoms with Gasteiger partial charge in [-0.15, -0.1) is 0 Å². The van der Waals surface area contributed by atoms with E-state index in [4.69, 9.17) is 32.7 Å². The smallest absolute Gasteiger partial charge is 0.321 e. The molecule has 0 aliphatic heterocycles. The van der Waals surface area contributed by atoms with Crippen molar-refractivity contribution in [2.24, 2.45) is 0 Å². The predicted molar refractivity (Wildman–Crippen MR) is 134 cm³/mol. The second-order valence-electron chi connectivity index (χ2n) is 7.92. The van der Waals surface area contributed by atoms with Crippen LogP contribution in [0.1, 0.15) is 16.7 Å². The molecule has 4 aromatic rings. The third kappa shape index (κ3) is 5.70. The monoisotopic (exact) mass is 516 g/mol. The third-order valence-electron chi connectivity index (χ3n) is 5.70. The highest BCUT2D eigenvalue weighted by Crippen LogP contribution is 2.34. The highest BCUT2D eigenvalue weighted by Gasteiger charge is 2.21. The second kappa shape index (κ2) is 11.0. The van der Waals surface area contributed by atoms with E-state index in [2.05, 4.69) is 10.3 Å². The summed E-state index contributed by atoms with van der Waals surface area (Å²) in [4.78, 5) is 15.1. The van der Waals surface area contributed by atoms with E-state index >= 15 is 0 Å². The number of para-hydroxylation sites is 1. The van der Waals surface area contributed by atoms with Gasteiger partial charge in [-0.25, -0.2) is 4.39 Å². The first-order valence-electron chi connectivity index (χ1n) is 10.8. The summed E-state index contributed by atoms with van der Waals surface area (Å²) in [5.74, 6) is -0.755. The van der Waals surface area contributed by atoms with E-state index in [1.807, 2.05) is 30.5 Å². The molecule has 1 atom stereocenters. The Hall–Kier alpha value is -3.26. The lowest BCUT2D eigenvalue weighted by molar-refractivity contribution is -0.139. The normalized spacial score (nSPS) is 12.0. The van der Waals surface area contributed by atoms with Gasteiger partial charge in [0.15, 0.2) is 11.5 Å². The zero-order valence-electron chi connectivity index (χ0n) is 18.8. The van der Waals surface area contributed by atoms with Crippen LogP contribution in [-0.4, -0.2) is 29.2 Å². The predicted octanol–water partition coefficient (Wildman–Crippen LogP) is 5.99. The van der Waals surface area contributed by atoms with E-state index in [-0.39, 0.29) is 23.7 Å². The third-order valence-corrected chi connectivity index (χ3v) is 6.41. The molecule has 182 valence electrons. The van der Waals surface area contributed by atoms with E-state index in [0.29, 0.717) is 28.5 Å². The maximum absolute atomic E-state index is 14.1. The number of halogens is 3. The summed E-state index contributed by atoms with van der Waals surface area (Å²) in [6, 6.07) is 14.5. The molecule has 3 N–H and O–H groups in total. The maximum Gasteiger partial charge on any atom is 0.321 e. The molecule has 0 saturated carbocycles. The average molecular weight is 517 g/mol. The summed E-state index contributed by atoms with van der Waals surface area (Å²) in [6.07, 6.45) is 2.12. The minimum atomic E-state index is -0.972. The fourth-order valence-corrected chi connectivity index (χ4v) is 4.24. The molecule has 9 heteroatoms. The first-order chi connectivity index (χ1) is 16.9. The van der Waals surface area contributed by atoms with Gasteiger partial charge >= 0.3 is 5.97 Å². The number of methoxy groups -OCH3 is 1. The van der Waals surface area contributed by atoms with E-state index in [1.54, 1.807) is 18.2 Å². The Morgan fingerprint density at radius 2 is 1.89 bits per heavy atom. The number of fused-ring (bicyclic) bond motifs is 1. The van der Waals surface area contributed by atoms with Crippen LogP contribution in [0.25, 0.3) is 10.9 Å². The number of hydrogen-bond donors (Lipinski definition) is 3. The van der Waals surface area contributed by atoms with Gasteiger partial charge in [-0.2, -0.15) is 0 Å². The molecule has 0 fully saturated rings. The molecule has 0 aliphatic rings. The van der Waals surface area contributed by atoms with E-state index in [1.165, 1.54) is 19.2 Å². The summed E-state index contributed by atoms with van der Waals surface area (Å²) in [5.41, 5.74) is 2.70. The van der Waals surface area contributed by atoms with Gasteiger partial charge in [0, 0.05) is 46.7 Å². The van der Waals surface area contributed by atoms with Gasteiger partial charge in [0.1, 0.15) is 18.5 Å². The molecule has 4 rings (SSSR count). The number of aliphatic carboxylic acids is 1. The van der Waals surface area contributed by atoms with E-state index in [9.17, 15) is 14.3 Å². The molecular weight excluding hydrogens is 494 g/mol. The minimum Gasteiger partial charge on any atom is -0.493 e. The lowest BCUT2D eigenvalue weighted by atomic mass is 10.0. The molecule has 1 aromatic heterocycles. The van der Waals surface area contributed by atoms with Crippen LogP contribution < -0.4 is 14.8 Å². The van der Waals surface area contributed by atoms with Gasteiger partial charge in [0.2, 0.25) is 0 Å². The number of rotatable bonds is 10. The zero-order valence-corrected chi connectivity index (χ0v) is 20.3. The highest BCUT2D eigenvalue weighted by molar-refractivity contribution is 6.31. The largest absolute Gasteiger partial charge is 0.493 e. The summed E-state index contributed by atoms with van der Waals surface area (Å²) in [7, 11) is 1.47. The SMILES string of the molecule is COc1cc(CNC(Cc2c[nH]c3ccccc23)C(=O)O)c(Cl)cc1OCc1c(F)cccc1Cl. The van der Waals surface area contributed by atoms with Crippen molar-refractivity contribution in [3.63, 3.8) is 0 Å². The highest BCUT2D eigenvalue weighted by atomic mass is 35.5. The first kappa shape index (κ1) is 24.9. The Labute approximate surface area is 211 Å². The van der Waals surface area contributed by atoms with E-state index < -0.39 is 17.8 Å². The quantitative estimate of drug-likeness (QED) is 0.241. The summed E-state index contributed by atoms with van der Waals surface area (Å²) in [5, 5.41) is 14.4. The van der Waals surface area contributed by atoms with Gasteiger partial charge in [-0.05, 0) is 35.4 Å². The molecule has 6 nitrogen and oxygen atoms in total. The van der Waals surface area contributed by atoms with Crippen LogP contribution in [0.3, 0.4) is 0 Å². The molecule has 3 aromatic carbocycles. The second-order valence-corrected chi connectivity index (χ2v) is 8.73. The topological polar surface area (TPSA) is 83.6 Å². The molecule has 0 spiro atoms. The van der Waals surface area contributed by atoms with Crippen LogP contribution in [0.5, 0.6) is 11.5 Å². The summed E-state index contributed by atoms with van der Waals surface area (Å²) >= 11 is 12.5. The van der Waals surface area contributed by atoms with Crippen molar-refractivity contribution in [2.75, 3.05) is 7.11 Å². The van der Waals surface area contributed by atoms with Gasteiger partial charge in [0.05, 0.1) is 12.1 Å². The van der Waals surface area contributed by atoms with Gasteiger partial charge in [-0.1, -0.05) is 47.5 Å². The molecule has 1 heterocycles. The number of nitrogens with one attached hydrogen (secondary N) is 2. The van der Waals surface area contributed by atoms with Crippen molar-refractivity contribution in [1.29, 1.82) is 0 Å². The van der Waals surface area contributed by atoms with E-state index in [0.717, 1.165) is 16.5 Å². The number of H-pyrrole nitrogens is 1. The van der Waals surface area contributed by atoms with Crippen LogP contribution in [0.2, 0.25) is 10.0 Å². The van der Waals surface area contributed by atoms with Crippen molar-refractivity contribution in [3.05, 3.63) is 93.3 Å². The van der Waals surface area contributed by atoms with Crippen LogP contribution in [0.4, 0.5) is 4.39 Å². The Bertz CT molecular complexity index is 1340. The van der Waals surface area contributed by atoms with Gasteiger partial charge in [0.25, 0.3) is 0 Å². The van der Waals surface area contributed by atoms with Gasteiger partial charge in [-0.3, -0.25) is 10.1 Å². The number of carbonyl (C=O) groups is 1. The molecule has 0 bridgehead atoms. The number of aromatic nitrogens is 1. The van der Waals surface area contributed by atoms with Crippen molar-refractivity contribution in [3.8, 4) is 11.5 Å². The number of ether oxygens (including phenoxy) is 2. The molecule has 0 radical (unpaired) electrons. The van der Waals surface area contributed by atoms with Crippen LogP contribution >= 0.6 is 23.2 Å². The number of benzene rings is 3.